The second-order valence-corrected chi connectivity index (χ2v) is 3.27. The maximum absolute atomic E-state index is 13.1. The van der Waals surface area contributed by atoms with Crippen molar-refractivity contribution in [1.29, 1.82) is 0 Å². The lowest BCUT2D eigenvalue weighted by atomic mass is 10.1. The summed E-state index contributed by atoms with van der Waals surface area (Å²) in [7, 11) is 3.82. The Hall–Kier alpha value is -0.930. The molecule has 0 fully saturated rings. The molecule has 0 aliphatic rings. The summed E-state index contributed by atoms with van der Waals surface area (Å²) >= 11 is 0. The van der Waals surface area contributed by atoms with Gasteiger partial charge in [0.05, 0.1) is 6.61 Å². The monoisotopic (exact) mass is 183 g/mol. The first-order chi connectivity index (χ1) is 6.15. The molecule has 1 aromatic carbocycles. The molecule has 0 saturated carbocycles. The van der Waals surface area contributed by atoms with Gasteiger partial charge in [-0.3, -0.25) is 0 Å². The van der Waals surface area contributed by atoms with Crippen LogP contribution in [0, 0.1) is 5.82 Å². The topological polar surface area (TPSA) is 23.5 Å². The zero-order chi connectivity index (χ0) is 9.84. The molecule has 0 saturated heterocycles. The van der Waals surface area contributed by atoms with Crippen LogP contribution in [-0.2, 0) is 13.2 Å². The van der Waals surface area contributed by atoms with Gasteiger partial charge in [0.1, 0.15) is 5.82 Å². The SMILES string of the molecule is CN(C)Cc1cccc(F)c1CO. The minimum absolute atomic E-state index is 0.240. The van der Waals surface area contributed by atoms with Gasteiger partial charge in [-0.2, -0.15) is 0 Å². The van der Waals surface area contributed by atoms with Gasteiger partial charge in [0.25, 0.3) is 0 Å². The summed E-state index contributed by atoms with van der Waals surface area (Å²) in [6.07, 6.45) is 0. The van der Waals surface area contributed by atoms with E-state index in [0.717, 1.165) is 5.56 Å². The van der Waals surface area contributed by atoms with Gasteiger partial charge >= 0.3 is 0 Å². The van der Waals surface area contributed by atoms with Crippen molar-refractivity contribution in [2.24, 2.45) is 0 Å². The van der Waals surface area contributed by atoms with Gasteiger partial charge in [0.15, 0.2) is 0 Å². The Morgan fingerprint density at radius 1 is 1.38 bits per heavy atom. The Bertz CT molecular complexity index is 286. The van der Waals surface area contributed by atoms with E-state index in [1.807, 2.05) is 25.1 Å². The Kier molecular flexibility index (Phi) is 3.39. The molecule has 0 radical (unpaired) electrons. The van der Waals surface area contributed by atoms with Crippen LogP contribution in [0.2, 0.25) is 0 Å². The predicted octanol–water partition coefficient (Wildman–Crippen LogP) is 1.38. The number of hydrogen-bond acceptors (Lipinski definition) is 2. The van der Waals surface area contributed by atoms with Crippen LogP contribution in [0.4, 0.5) is 4.39 Å². The minimum atomic E-state index is -0.332. The van der Waals surface area contributed by atoms with E-state index in [9.17, 15) is 4.39 Å². The van der Waals surface area contributed by atoms with Gasteiger partial charge in [0, 0.05) is 12.1 Å². The molecule has 0 amide bonds. The zero-order valence-corrected chi connectivity index (χ0v) is 7.92. The molecule has 3 heteroatoms. The molecule has 1 aromatic rings. The van der Waals surface area contributed by atoms with Gasteiger partial charge in [-0.05, 0) is 25.7 Å². The third kappa shape index (κ3) is 2.50. The van der Waals surface area contributed by atoms with Crippen LogP contribution in [-0.4, -0.2) is 24.1 Å². The lowest BCUT2D eigenvalue weighted by Crippen LogP contribution is -2.13. The van der Waals surface area contributed by atoms with Gasteiger partial charge < -0.3 is 10.0 Å². The summed E-state index contributed by atoms with van der Waals surface area (Å²) in [5, 5.41) is 8.95. The van der Waals surface area contributed by atoms with E-state index in [2.05, 4.69) is 0 Å². The van der Waals surface area contributed by atoms with Gasteiger partial charge in [-0.15, -0.1) is 0 Å². The van der Waals surface area contributed by atoms with Crippen molar-refractivity contribution in [3.8, 4) is 0 Å². The number of aliphatic hydroxyl groups excluding tert-OH is 1. The highest BCUT2D eigenvalue weighted by atomic mass is 19.1. The largest absolute Gasteiger partial charge is 0.392 e. The summed E-state index contributed by atoms with van der Waals surface area (Å²) in [4.78, 5) is 1.94. The molecule has 0 unspecified atom stereocenters. The van der Waals surface area contributed by atoms with Crippen LogP contribution in [0.5, 0.6) is 0 Å². The van der Waals surface area contributed by atoms with Gasteiger partial charge in [-0.25, -0.2) is 4.39 Å². The van der Waals surface area contributed by atoms with Crippen LogP contribution >= 0.6 is 0 Å². The van der Waals surface area contributed by atoms with E-state index in [-0.39, 0.29) is 12.4 Å². The van der Waals surface area contributed by atoms with Crippen molar-refractivity contribution < 1.29 is 9.50 Å². The first kappa shape index (κ1) is 10.2. The van der Waals surface area contributed by atoms with Crippen LogP contribution < -0.4 is 0 Å². The number of aliphatic hydroxyl groups is 1. The van der Waals surface area contributed by atoms with Crippen molar-refractivity contribution in [3.05, 3.63) is 35.1 Å². The fourth-order valence-corrected chi connectivity index (χ4v) is 1.27. The molecule has 0 atom stereocenters. The lowest BCUT2D eigenvalue weighted by molar-refractivity contribution is 0.271. The first-order valence-corrected chi connectivity index (χ1v) is 4.17. The molecule has 0 bridgehead atoms. The molecule has 0 spiro atoms. The van der Waals surface area contributed by atoms with E-state index in [1.54, 1.807) is 6.07 Å². The smallest absolute Gasteiger partial charge is 0.129 e. The summed E-state index contributed by atoms with van der Waals surface area (Å²) in [5.74, 6) is -0.332. The van der Waals surface area contributed by atoms with E-state index in [1.165, 1.54) is 6.07 Å². The van der Waals surface area contributed by atoms with E-state index >= 15 is 0 Å². The minimum Gasteiger partial charge on any atom is -0.392 e. The standard InChI is InChI=1S/C10H14FNO/c1-12(2)6-8-4-3-5-10(11)9(8)7-13/h3-5,13H,6-7H2,1-2H3. The summed E-state index contributed by atoms with van der Waals surface area (Å²) in [5.41, 5.74) is 1.24. The molecule has 13 heavy (non-hydrogen) atoms. The lowest BCUT2D eigenvalue weighted by Gasteiger charge is -2.13. The van der Waals surface area contributed by atoms with Crippen LogP contribution in [0.25, 0.3) is 0 Å². The van der Waals surface area contributed by atoms with Crippen molar-refractivity contribution >= 4 is 0 Å². The van der Waals surface area contributed by atoms with Crippen molar-refractivity contribution in [3.63, 3.8) is 0 Å². The first-order valence-electron chi connectivity index (χ1n) is 4.17. The highest BCUT2D eigenvalue weighted by Crippen LogP contribution is 2.14. The molecule has 0 aliphatic heterocycles. The second kappa shape index (κ2) is 4.35. The van der Waals surface area contributed by atoms with E-state index in [4.69, 9.17) is 5.11 Å². The average Bonchev–Trinajstić information content (AvgIpc) is 2.03. The fourth-order valence-electron chi connectivity index (χ4n) is 1.27. The number of halogens is 1. The average molecular weight is 183 g/mol. The normalized spacial score (nSPS) is 10.8. The van der Waals surface area contributed by atoms with E-state index in [0.29, 0.717) is 12.1 Å². The summed E-state index contributed by atoms with van der Waals surface area (Å²) in [6, 6.07) is 4.85. The number of rotatable bonds is 3. The molecule has 2 nitrogen and oxygen atoms in total. The molecule has 1 N–H and O–H groups in total. The Morgan fingerprint density at radius 3 is 2.62 bits per heavy atom. The highest BCUT2D eigenvalue weighted by Gasteiger charge is 2.07. The van der Waals surface area contributed by atoms with E-state index < -0.39 is 0 Å². The Morgan fingerprint density at radius 2 is 2.08 bits per heavy atom. The van der Waals surface area contributed by atoms with Gasteiger partial charge in [-0.1, -0.05) is 12.1 Å². The third-order valence-electron chi connectivity index (χ3n) is 1.86. The maximum atomic E-state index is 13.1. The molecule has 72 valence electrons. The van der Waals surface area contributed by atoms with Crippen LogP contribution in [0.3, 0.4) is 0 Å². The summed E-state index contributed by atoms with van der Waals surface area (Å²) < 4.78 is 13.1. The van der Waals surface area contributed by atoms with Crippen molar-refractivity contribution in [2.75, 3.05) is 14.1 Å². The summed E-state index contributed by atoms with van der Waals surface area (Å²) in [6.45, 7) is 0.406. The third-order valence-corrected chi connectivity index (χ3v) is 1.86. The molecule has 0 heterocycles. The Labute approximate surface area is 77.6 Å². The number of nitrogens with zero attached hydrogens (tertiary/aromatic N) is 1. The van der Waals surface area contributed by atoms with Crippen molar-refractivity contribution in [1.82, 2.24) is 4.90 Å². The van der Waals surface area contributed by atoms with Gasteiger partial charge in [0.2, 0.25) is 0 Å². The maximum Gasteiger partial charge on any atom is 0.129 e. The van der Waals surface area contributed by atoms with Crippen LogP contribution in [0.1, 0.15) is 11.1 Å². The fraction of sp³-hybridized carbons (Fsp3) is 0.400. The zero-order valence-electron chi connectivity index (χ0n) is 7.92. The predicted molar refractivity (Wildman–Crippen MR) is 49.7 cm³/mol. The van der Waals surface area contributed by atoms with Crippen molar-refractivity contribution in [2.45, 2.75) is 13.2 Å². The molecule has 1 rings (SSSR count). The molecule has 0 aliphatic carbocycles. The number of hydrogen-bond donors (Lipinski definition) is 1. The second-order valence-electron chi connectivity index (χ2n) is 3.27. The highest BCUT2D eigenvalue weighted by molar-refractivity contribution is 5.27. The molecular formula is C10H14FNO. The van der Waals surface area contributed by atoms with Crippen LogP contribution in [0.15, 0.2) is 18.2 Å². The Balaban J connectivity index is 2.98. The quantitative estimate of drug-likeness (QED) is 0.765. The molecule has 0 aromatic heterocycles. The molecular weight excluding hydrogens is 169 g/mol. The number of benzene rings is 1.